The zero-order valence-corrected chi connectivity index (χ0v) is 16.1. The number of methoxy groups -OCH3 is 1. The van der Waals surface area contributed by atoms with Crippen LogP contribution in [0.2, 0.25) is 0 Å². The van der Waals surface area contributed by atoms with Crippen molar-refractivity contribution in [3.05, 3.63) is 59.7 Å². The van der Waals surface area contributed by atoms with E-state index in [-0.39, 0.29) is 0 Å². The smallest absolute Gasteiger partial charge is 0.159 e. The third-order valence-electron chi connectivity index (χ3n) is 5.10. The van der Waals surface area contributed by atoms with Crippen LogP contribution in [0.1, 0.15) is 29.4 Å². The average molecular weight is 363 g/mol. The molecular formula is C21H25N5O. The summed E-state index contributed by atoms with van der Waals surface area (Å²) >= 11 is 0. The SMILES string of the molecule is COc1ccc(-c2ncc(CN3CC[C@@H](n4nc(C)cc4C)C3)cn2)cc1. The van der Waals surface area contributed by atoms with E-state index in [9.17, 15) is 0 Å². The maximum atomic E-state index is 5.20. The van der Waals surface area contributed by atoms with E-state index in [1.807, 2.05) is 36.7 Å². The second-order valence-electron chi connectivity index (χ2n) is 7.19. The van der Waals surface area contributed by atoms with Crippen molar-refractivity contribution in [3.63, 3.8) is 0 Å². The van der Waals surface area contributed by atoms with Gasteiger partial charge in [-0.15, -0.1) is 0 Å². The number of hydrogen-bond donors (Lipinski definition) is 0. The Bertz CT molecular complexity index is 901. The van der Waals surface area contributed by atoms with Gasteiger partial charge < -0.3 is 4.74 Å². The molecule has 140 valence electrons. The first-order valence-electron chi connectivity index (χ1n) is 9.33. The second-order valence-corrected chi connectivity index (χ2v) is 7.19. The summed E-state index contributed by atoms with van der Waals surface area (Å²) in [6.45, 7) is 7.15. The van der Waals surface area contributed by atoms with Gasteiger partial charge in [-0.1, -0.05) is 0 Å². The van der Waals surface area contributed by atoms with Crippen LogP contribution in [-0.2, 0) is 6.54 Å². The summed E-state index contributed by atoms with van der Waals surface area (Å²) in [4.78, 5) is 11.5. The van der Waals surface area contributed by atoms with Gasteiger partial charge in [0.15, 0.2) is 5.82 Å². The lowest BCUT2D eigenvalue weighted by Crippen LogP contribution is -2.22. The van der Waals surface area contributed by atoms with E-state index in [0.29, 0.717) is 6.04 Å². The lowest BCUT2D eigenvalue weighted by atomic mass is 10.2. The summed E-state index contributed by atoms with van der Waals surface area (Å²) in [6, 6.07) is 10.4. The predicted molar refractivity (Wildman–Crippen MR) is 105 cm³/mol. The highest BCUT2D eigenvalue weighted by Crippen LogP contribution is 2.24. The number of likely N-dealkylation sites (tertiary alicyclic amines) is 1. The number of nitrogens with zero attached hydrogens (tertiary/aromatic N) is 5. The normalized spacial score (nSPS) is 17.4. The molecule has 0 spiro atoms. The molecule has 0 bridgehead atoms. The number of aromatic nitrogens is 4. The first-order valence-corrected chi connectivity index (χ1v) is 9.33. The summed E-state index contributed by atoms with van der Waals surface area (Å²) in [5.74, 6) is 1.57. The highest BCUT2D eigenvalue weighted by Gasteiger charge is 2.25. The van der Waals surface area contributed by atoms with Crippen molar-refractivity contribution in [2.75, 3.05) is 20.2 Å². The Hall–Kier alpha value is -2.73. The molecule has 1 atom stereocenters. The van der Waals surface area contributed by atoms with E-state index >= 15 is 0 Å². The topological polar surface area (TPSA) is 56.1 Å². The van der Waals surface area contributed by atoms with Crippen molar-refractivity contribution in [1.82, 2.24) is 24.6 Å². The van der Waals surface area contributed by atoms with Crippen molar-refractivity contribution in [3.8, 4) is 17.1 Å². The quantitative estimate of drug-likeness (QED) is 0.695. The minimum absolute atomic E-state index is 0.457. The third kappa shape index (κ3) is 3.85. The minimum atomic E-state index is 0.457. The number of rotatable bonds is 5. The fraction of sp³-hybridized carbons (Fsp3) is 0.381. The average Bonchev–Trinajstić information content (AvgIpc) is 3.28. The standard InChI is InChI=1S/C21H25N5O/c1-15-10-16(2)26(24-15)19-8-9-25(14-19)13-17-11-22-21(23-12-17)18-4-6-20(27-3)7-5-18/h4-7,10-12,19H,8-9,13-14H2,1-3H3/t19-/m1/s1. The van der Waals surface area contributed by atoms with Crippen molar-refractivity contribution in [1.29, 1.82) is 0 Å². The maximum absolute atomic E-state index is 5.20. The minimum Gasteiger partial charge on any atom is -0.497 e. The second kappa shape index (κ2) is 7.48. The Morgan fingerprint density at radius 1 is 1.11 bits per heavy atom. The van der Waals surface area contributed by atoms with E-state index < -0.39 is 0 Å². The van der Waals surface area contributed by atoms with Crippen LogP contribution in [-0.4, -0.2) is 44.8 Å². The van der Waals surface area contributed by atoms with Gasteiger partial charge >= 0.3 is 0 Å². The van der Waals surface area contributed by atoms with Gasteiger partial charge in [0.05, 0.1) is 18.8 Å². The lowest BCUT2D eigenvalue weighted by Gasteiger charge is -2.17. The molecule has 6 heteroatoms. The Balaban J connectivity index is 1.39. The number of aryl methyl sites for hydroxylation is 2. The molecule has 27 heavy (non-hydrogen) atoms. The lowest BCUT2D eigenvalue weighted by molar-refractivity contribution is 0.310. The van der Waals surface area contributed by atoms with E-state index in [1.54, 1.807) is 7.11 Å². The van der Waals surface area contributed by atoms with Gasteiger partial charge in [0, 0.05) is 48.8 Å². The Labute approximate surface area is 159 Å². The third-order valence-corrected chi connectivity index (χ3v) is 5.10. The summed E-state index contributed by atoms with van der Waals surface area (Å²) in [6.07, 6.45) is 5.00. The van der Waals surface area contributed by atoms with E-state index in [1.165, 1.54) is 5.69 Å². The molecule has 1 saturated heterocycles. The van der Waals surface area contributed by atoms with E-state index in [4.69, 9.17) is 4.74 Å². The predicted octanol–water partition coefficient (Wildman–Crippen LogP) is 3.41. The van der Waals surface area contributed by atoms with Crippen LogP contribution in [0.15, 0.2) is 42.7 Å². The van der Waals surface area contributed by atoms with E-state index in [2.05, 4.69) is 44.6 Å². The Morgan fingerprint density at radius 3 is 2.48 bits per heavy atom. The summed E-state index contributed by atoms with van der Waals surface area (Å²) in [5, 5.41) is 4.65. The number of hydrogen-bond acceptors (Lipinski definition) is 5. The van der Waals surface area contributed by atoms with Crippen LogP contribution in [0.5, 0.6) is 5.75 Å². The van der Waals surface area contributed by atoms with Gasteiger partial charge in [0.2, 0.25) is 0 Å². The maximum Gasteiger partial charge on any atom is 0.159 e. The molecule has 4 rings (SSSR count). The Kier molecular flexibility index (Phi) is 4.90. The van der Waals surface area contributed by atoms with Gasteiger partial charge in [-0.05, 0) is 50.6 Å². The molecule has 1 fully saturated rings. The zero-order valence-electron chi connectivity index (χ0n) is 16.1. The van der Waals surface area contributed by atoms with Crippen molar-refractivity contribution >= 4 is 0 Å². The fourth-order valence-electron chi connectivity index (χ4n) is 3.75. The van der Waals surface area contributed by atoms with Crippen LogP contribution in [0.4, 0.5) is 0 Å². The van der Waals surface area contributed by atoms with Crippen LogP contribution >= 0.6 is 0 Å². The monoisotopic (exact) mass is 363 g/mol. The molecule has 1 aliphatic heterocycles. The molecule has 3 aromatic rings. The van der Waals surface area contributed by atoms with Crippen molar-refractivity contribution in [2.24, 2.45) is 0 Å². The number of ether oxygens (including phenoxy) is 1. The van der Waals surface area contributed by atoms with Gasteiger partial charge in [-0.3, -0.25) is 9.58 Å². The molecule has 0 radical (unpaired) electrons. The van der Waals surface area contributed by atoms with E-state index in [0.717, 1.165) is 54.4 Å². The van der Waals surface area contributed by atoms with Gasteiger partial charge in [0.1, 0.15) is 5.75 Å². The van der Waals surface area contributed by atoms with Crippen molar-refractivity contribution in [2.45, 2.75) is 32.9 Å². The molecule has 0 unspecified atom stereocenters. The van der Waals surface area contributed by atoms with Crippen LogP contribution in [0.3, 0.4) is 0 Å². The molecule has 0 aliphatic carbocycles. The summed E-state index contributed by atoms with van der Waals surface area (Å²) in [5.41, 5.74) is 4.47. The highest BCUT2D eigenvalue weighted by molar-refractivity contribution is 5.55. The molecule has 1 aliphatic rings. The molecule has 3 heterocycles. The first kappa shape index (κ1) is 17.7. The summed E-state index contributed by atoms with van der Waals surface area (Å²) < 4.78 is 7.37. The largest absolute Gasteiger partial charge is 0.497 e. The molecule has 0 amide bonds. The fourth-order valence-corrected chi connectivity index (χ4v) is 3.75. The van der Waals surface area contributed by atoms with Gasteiger partial charge in [-0.2, -0.15) is 5.10 Å². The molecule has 0 N–H and O–H groups in total. The zero-order chi connectivity index (χ0) is 18.8. The van der Waals surface area contributed by atoms with Crippen molar-refractivity contribution < 1.29 is 4.74 Å². The van der Waals surface area contributed by atoms with Crippen LogP contribution in [0.25, 0.3) is 11.4 Å². The first-order chi connectivity index (χ1) is 13.1. The van der Waals surface area contributed by atoms with Crippen LogP contribution < -0.4 is 4.74 Å². The molecule has 1 aromatic carbocycles. The van der Waals surface area contributed by atoms with Gasteiger partial charge in [0.25, 0.3) is 0 Å². The molecule has 0 saturated carbocycles. The Morgan fingerprint density at radius 2 is 1.85 bits per heavy atom. The molecule has 6 nitrogen and oxygen atoms in total. The number of benzene rings is 1. The molecular weight excluding hydrogens is 338 g/mol. The molecule has 2 aromatic heterocycles. The highest BCUT2D eigenvalue weighted by atomic mass is 16.5. The van der Waals surface area contributed by atoms with Crippen LogP contribution in [0, 0.1) is 13.8 Å². The van der Waals surface area contributed by atoms with Gasteiger partial charge in [-0.25, -0.2) is 9.97 Å². The summed E-state index contributed by atoms with van der Waals surface area (Å²) in [7, 11) is 1.66.